The van der Waals surface area contributed by atoms with Gasteiger partial charge in [-0.3, -0.25) is 0 Å². The number of aromatic nitrogens is 2. The molecule has 2 heterocycles. The molecule has 0 aliphatic rings. The standard InChI is InChI=1S/C13H9ClN2O/c14-13-3-1-2-10-8-12(15-16(10)13)9-4-6-11(17)7-5-9/h1-8,17H. The number of hydrogen-bond donors (Lipinski definition) is 1. The van der Waals surface area contributed by atoms with Crippen molar-refractivity contribution in [2.45, 2.75) is 0 Å². The van der Waals surface area contributed by atoms with Gasteiger partial charge in [-0.15, -0.1) is 0 Å². The molecule has 2 aromatic heterocycles. The first-order valence-electron chi connectivity index (χ1n) is 5.18. The summed E-state index contributed by atoms with van der Waals surface area (Å²) in [5.74, 6) is 0.246. The summed E-state index contributed by atoms with van der Waals surface area (Å²) in [5, 5.41) is 14.2. The molecule has 0 saturated heterocycles. The lowest BCUT2D eigenvalue weighted by Crippen LogP contribution is -1.88. The van der Waals surface area contributed by atoms with E-state index in [1.807, 2.05) is 30.3 Å². The Bertz CT molecular complexity index is 673. The topological polar surface area (TPSA) is 37.5 Å². The van der Waals surface area contributed by atoms with Crippen molar-refractivity contribution < 1.29 is 5.11 Å². The quantitative estimate of drug-likeness (QED) is 0.667. The Labute approximate surface area is 103 Å². The molecule has 3 aromatic rings. The van der Waals surface area contributed by atoms with Gasteiger partial charge in [-0.1, -0.05) is 17.7 Å². The molecule has 0 unspecified atom stereocenters. The van der Waals surface area contributed by atoms with Crippen molar-refractivity contribution in [2.75, 3.05) is 0 Å². The van der Waals surface area contributed by atoms with Crippen LogP contribution in [-0.2, 0) is 0 Å². The zero-order valence-corrected chi connectivity index (χ0v) is 9.59. The minimum absolute atomic E-state index is 0.246. The number of nitrogens with zero attached hydrogens (tertiary/aromatic N) is 2. The van der Waals surface area contributed by atoms with Crippen molar-refractivity contribution in [1.82, 2.24) is 9.61 Å². The van der Waals surface area contributed by atoms with E-state index < -0.39 is 0 Å². The molecule has 3 nitrogen and oxygen atoms in total. The summed E-state index contributed by atoms with van der Waals surface area (Å²) in [6, 6.07) is 14.5. The van der Waals surface area contributed by atoms with Crippen molar-refractivity contribution in [3.63, 3.8) is 0 Å². The van der Waals surface area contributed by atoms with Gasteiger partial charge in [0.2, 0.25) is 0 Å². The fourth-order valence-corrected chi connectivity index (χ4v) is 1.96. The average Bonchev–Trinajstić information content (AvgIpc) is 2.75. The van der Waals surface area contributed by atoms with E-state index in [0.29, 0.717) is 5.15 Å². The SMILES string of the molecule is Oc1ccc(-c2cc3cccc(Cl)n3n2)cc1. The van der Waals surface area contributed by atoms with Crippen LogP contribution in [-0.4, -0.2) is 14.7 Å². The van der Waals surface area contributed by atoms with Gasteiger partial charge >= 0.3 is 0 Å². The number of fused-ring (bicyclic) bond motifs is 1. The number of rotatable bonds is 1. The molecule has 0 fully saturated rings. The van der Waals surface area contributed by atoms with Gasteiger partial charge in [-0.05, 0) is 42.5 Å². The summed E-state index contributed by atoms with van der Waals surface area (Å²) in [4.78, 5) is 0. The van der Waals surface area contributed by atoms with Crippen LogP contribution in [0.2, 0.25) is 5.15 Å². The fraction of sp³-hybridized carbons (Fsp3) is 0. The molecule has 1 aromatic carbocycles. The molecule has 0 atom stereocenters. The summed E-state index contributed by atoms with van der Waals surface area (Å²) in [7, 11) is 0. The highest BCUT2D eigenvalue weighted by Gasteiger charge is 2.05. The van der Waals surface area contributed by atoms with E-state index >= 15 is 0 Å². The Balaban J connectivity index is 2.18. The predicted octanol–water partition coefficient (Wildman–Crippen LogP) is 3.36. The van der Waals surface area contributed by atoms with E-state index in [1.54, 1.807) is 22.7 Å². The second-order valence-electron chi connectivity index (χ2n) is 3.76. The van der Waals surface area contributed by atoms with E-state index in [2.05, 4.69) is 5.10 Å². The van der Waals surface area contributed by atoms with Gasteiger partial charge in [-0.25, -0.2) is 4.52 Å². The molecule has 0 aliphatic heterocycles. The molecular weight excluding hydrogens is 236 g/mol. The van der Waals surface area contributed by atoms with Crippen molar-refractivity contribution >= 4 is 17.1 Å². The molecule has 17 heavy (non-hydrogen) atoms. The summed E-state index contributed by atoms with van der Waals surface area (Å²) < 4.78 is 1.68. The molecule has 0 radical (unpaired) electrons. The first kappa shape index (κ1) is 10.2. The lowest BCUT2D eigenvalue weighted by molar-refractivity contribution is 0.475. The minimum Gasteiger partial charge on any atom is -0.508 e. The molecule has 1 N–H and O–H groups in total. The Hall–Kier alpha value is -2.00. The second-order valence-corrected chi connectivity index (χ2v) is 4.15. The highest BCUT2D eigenvalue weighted by molar-refractivity contribution is 6.29. The Morgan fingerprint density at radius 2 is 1.82 bits per heavy atom. The van der Waals surface area contributed by atoms with E-state index in [9.17, 15) is 5.11 Å². The predicted molar refractivity (Wildman–Crippen MR) is 67.3 cm³/mol. The molecular formula is C13H9ClN2O. The van der Waals surface area contributed by atoms with E-state index in [0.717, 1.165) is 16.8 Å². The van der Waals surface area contributed by atoms with Crippen molar-refractivity contribution in [3.05, 3.63) is 53.7 Å². The van der Waals surface area contributed by atoms with Crippen LogP contribution >= 0.6 is 11.6 Å². The summed E-state index contributed by atoms with van der Waals surface area (Å²) >= 11 is 6.04. The van der Waals surface area contributed by atoms with Crippen molar-refractivity contribution in [1.29, 1.82) is 0 Å². The Morgan fingerprint density at radius 1 is 1.06 bits per heavy atom. The first-order chi connectivity index (χ1) is 8.24. The molecule has 4 heteroatoms. The molecule has 0 amide bonds. The van der Waals surface area contributed by atoms with Gasteiger partial charge in [0, 0.05) is 5.56 Å². The summed E-state index contributed by atoms with van der Waals surface area (Å²) in [6.45, 7) is 0. The van der Waals surface area contributed by atoms with E-state index in [4.69, 9.17) is 11.6 Å². The zero-order chi connectivity index (χ0) is 11.8. The van der Waals surface area contributed by atoms with Gasteiger partial charge in [-0.2, -0.15) is 5.10 Å². The Kier molecular flexibility index (Phi) is 2.27. The smallest absolute Gasteiger partial charge is 0.131 e. The maximum Gasteiger partial charge on any atom is 0.131 e. The summed E-state index contributed by atoms with van der Waals surface area (Å²) in [6.07, 6.45) is 0. The maximum absolute atomic E-state index is 9.24. The summed E-state index contributed by atoms with van der Waals surface area (Å²) in [5.41, 5.74) is 2.72. The number of hydrogen-bond acceptors (Lipinski definition) is 2. The largest absolute Gasteiger partial charge is 0.508 e. The lowest BCUT2D eigenvalue weighted by atomic mass is 10.1. The number of phenols is 1. The first-order valence-corrected chi connectivity index (χ1v) is 5.55. The van der Waals surface area contributed by atoms with Gasteiger partial charge in [0.25, 0.3) is 0 Å². The molecule has 0 bridgehead atoms. The number of aromatic hydroxyl groups is 1. The van der Waals surface area contributed by atoms with Crippen LogP contribution in [0.4, 0.5) is 0 Å². The highest BCUT2D eigenvalue weighted by atomic mass is 35.5. The second kappa shape index (κ2) is 3.79. The van der Waals surface area contributed by atoms with Crippen LogP contribution in [0.5, 0.6) is 5.75 Å². The number of benzene rings is 1. The average molecular weight is 245 g/mol. The number of pyridine rings is 1. The van der Waals surface area contributed by atoms with Gasteiger partial charge in [0.05, 0.1) is 11.2 Å². The van der Waals surface area contributed by atoms with Crippen LogP contribution in [0, 0.1) is 0 Å². The lowest BCUT2D eigenvalue weighted by Gasteiger charge is -1.96. The van der Waals surface area contributed by atoms with E-state index in [1.165, 1.54) is 0 Å². The van der Waals surface area contributed by atoms with Crippen LogP contribution in [0.25, 0.3) is 16.8 Å². The van der Waals surface area contributed by atoms with Crippen molar-refractivity contribution in [3.8, 4) is 17.0 Å². The van der Waals surface area contributed by atoms with Crippen LogP contribution in [0.15, 0.2) is 48.5 Å². The Morgan fingerprint density at radius 3 is 2.53 bits per heavy atom. The highest BCUT2D eigenvalue weighted by Crippen LogP contribution is 2.23. The molecule has 0 spiro atoms. The molecule has 84 valence electrons. The third-order valence-corrected chi connectivity index (χ3v) is 2.89. The van der Waals surface area contributed by atoms with Gasteiger partial charge in [0.1, 0.15) is 10.9 Å². The van der Waals surface area contributed by atoms with E-state index in [-0.39, 0.29) is 5.75 Å². The number of phenolic OH excluding ortho intramolecular Hbond substituents is 1. The van der Waals surface area contributed by atoms with Crippen molar-refractivity contribution in [2.24, 2.45) is 0 Å². The molecule has 0 aliphatic carbocycles. The maximum atomic E-state index is 9.24. The zero-order valence-electron chi connectivity index (χ0n) is 8.84. The molecule has 0 saturated carbocycles. The third kappa shape index (κ3) is 1.74. The van der Waals surface area contributed by atoms with Gasteiger partial charge in [0.15, 0.2) is 0 Å². The molecule has 3 rings (SSSR count). The third-order valence-electron chi connectivity index (χ3n) is 2.60. The van der Waals surface area contributed by atoms with Gasteiger partial charge < -0.3 is 5.11 Å². The number of halogens is 1. The minimum atomic E-state index is 0.246. The monoisotopic (exact) mass is 244 g/mol. The fourth-order valence-electron chi connectivity index (χ4n) is 1.76. The van der Waals surface area contributed by atoms with Crippen LogP contribution in [0.3, 0.4) is 0 Å². The van der Waals surface area contributed by atoms with Crippen LogP contribution < -0.4 is 0 Å². The normalized spacial score (nSPS) is 10.9. The van der Waals surface area contributed by atoms with Crippen LogP contribution in [0.1, 0.15) is 0 Å².